The molecule has 0 aliphatic heterocycles. The standard InChI is InChI=1S/2C18H34O3.Cd/c2*1-2-3-4-11-14-17(19)15-12-9-7-5-6-8-10-13-16-18(20)21;/h2*9,12,17,19H,2-8,10-11,13-16H2,1H3,(H,20,21);/q;;+2/p-2/b2*12-9+;/t2*17-;/m11./s1. The van der Waals surface area contributed by atoms with Crippen LogP contribution in [0.15, 0.2) is 24.3 Å². The molecule has 2 N–H and O–H groups in total. The van der Waals surface area contributed by atoms with Gasteiger partial charge >= 0.3 is 27.3 Å². The van der Waals surface area contributed by atoms with E-state index in [2.05, 4.69) is 38.2 Å². The molecule has 0 radical (unpaired) electrons. The van der Waals surface area contributed by atoms with Crippen LogP contribution in [0.4, 0.5) is 0 Å². The Bertz CT molecular complexity index is 583. The summed E-state index contributed by atoms with van der Waals surface area (Å²) >= 11 is 0. The number of aliphatic hydroxyl groups is 2. The predicted octanol–water partition coefficient (Wildman–Crippen LogP) is 7.49. The van der Waals surface area contributed by atoms with Crippen LogP contribution in [0.5, 0.6) is 0 Å². The molecule has 0 bridgehead atoms. The molecule has 0 saturated carbocycles. The van der Waals surface area contributed by atoms with E-state index < -0.39 is 11.9 Å². The Kier molecular flexibility index (Phi) is 42.6. The molecule has 0 fully saturated rings. The number of aliphatic carboxylic acids is 2. The minimum Gasteiger partial charge on any atom is -0.550 e. The van der Waals surface area contributed by atoms with Crippen LogP contribution in [0.2, 0.25) is 0 Å². The number of carbonyl (C=O) groups is 2. The summed E-state index contributed by atoms with van der Waals surface area (Å²) in [5.41, 5.74) is 0. The van der Waals surface area contributed by atoms with E-state index in [0.29, 0.717) is 0 Å². The van der Waals surface area contributed by atoms with Crippen molar-refractivity contribution >= 4 is 11.9 Å². The first kappa shape index (κ1) is 46.7. The number of hydrogen-bond acceptors (Lipinski definition) is 6. The number of carboxylic acid groups (broad SMARTS) is 2. The van der Waals surface area contributed by atoms with Gasteiger partial charge in [-0.25, -0.2) is 0 Å². The van der Waals surface area contributed by atoms with Gasteiger partial charge in [0.2, 0.25) is 0 Å². The molecular formula is C36H66CdO6. The zero-order valence-electron chi connectivity index (χ0n) is 28.1. The average Bonchev–Trinajstić information content (AvgIpc) is 2.95. The van der Waals surface area contributed by atoms with Gasteiger partial charge in [0.15, 0.2) is 0 Å². The number of allylic oxidation sites excluding steroid dienone is 2. The Balaban J connectivity index is -0.000000727. The van der Waals surface area contributed by atoms with E-state index in [1.807, 2.05) is 0 Å². The Morgan fingerprint density at radius 1 is 0.512 bits per heavy atom. The quantitative estimate of drug-likeness (QED) is 0.0454. The molecule has 43 heavy (non-hydrogen) atoms. The monoisotopic (exact) mass is 708 g/mol. The van der Waals surface area contributed by atoms with E-state index in [0.717, 1.165) is 116 Å². The average molecular weight is 707 g/mol. The summed E-state index contributed by atoms with van der Waals surface area (Å²) in [5, 5.41) is 40.0. The third-order valence-corrected chi connectivity index (χ3v) is 7.43. The van der Waals surface area contributed by atoms with Crippen LogP contribution in [0.1, 0.15) is 181 Å². The van der Waals surface area contributed by atoms with Crippen LogP contribution in [0.3, 0.4) is 0 Å². The van der Waals surface area contributed by atoms with Crippen LogP contribution in [-0.4, -0.2) is 34.4 Å². The Hall–Kier alpha value is -0.738. The summed E-state index contributed by atoms with van der Waals surface area (Å²) in [4.78, 5) is 20.4. The molecule has 0 aliphatic rings. The summed E-state index contributed by atoms with van der Waals surface area (Å²) in [5.74, 6) is -1.88. The van der Waals surface area contributed by atoms with Crippen molar-refractivity contribution in [2.75, 3.05) is 0 Å². The molecule has 0 aromatic carbocycles. The number of carboxylic acids is 2. The number of unbranched alkanes of at least 4 members (excludes halogenated alkanes) is 16. The first-order chi connectivity index (χ1) is 20.3. The molecule has 0 unspecified atom stereocenters. The summed E-state index contributed by atoms with van der Waals surface area (Å²) in [6, 6.07) is 0. The van der Waals surface area contributed by atoms with Crippen molar-refractivity contribution in [1.29, 1.82) is 0 Å². The Morgan fingerprint density at radius 2 is 0.837 bits per heavy atom. The largest absolute Gasteiger partial charge is 2.00 e. The number of hydrogen-bond donors (Lipinski definition) is 2. The van der Waals surface area contributed by atoms with Gasteiger partial charge in [-0.3, -0.25) is 0 Å². The fourth-order valence-electron chi connectivity index (χ4n) is 4.72. The van der Waals surface area contributed by atoms with Crippen LogP contribution in [-0.2, 0) is 36.9 Å². The summed E-state index contributed by atoms with van der Waals surface area (Å²) < 4.78 is 0. The van der Waals surface area contributed by atoms with Gasteiger partial charge in [0.1, 0.15) is 0 Å². The van der Waals surface area contributed by atoms with E-state index in [-0.39, 0.29) is 52.3 Å². The molecule has 0 aliphatic carbocycles. The third-order valence-electron chi connectivity index (χ3n) is 7.43. The maximum absolute atomic E-state index is 10.2. The van der Waals surface area contributed by atoms with Gasteiger partial charge in [0.25, 0.3) is 0 Å². The topological polar surface area (TPSA) is 121 Å². The minimum absolute atomic E-state index is 0. The van der Waals surface area contributed by atoms with Crippen molar-refractivity contribution < 1.29 is 57.3 Å². The van der Waals surface area contributed by atoms with Crippen molar-refractivity contribution in [2.24, 2.45) is 0 Å². The van der Waals surface area contributed by atoms with Crippen molar-refractivity contribution in [1.82, 2.24) is 0 Å². The maximum atomic E-state index is 10.2. The van der Waals surface area contributed by atoms with E-state index >= 15 is 0 Å². The molecule has 0 aromatic rings. The molecule has 248 valence electrons. The van der Waals surface area contributed by atoms with E-state index in [9.17, 15) is 30.0 Å². The second-order valence-corrected chi connectivity index (χ2v) is 11.8. The van der Waals surface area contributed by atoms with E-state index in [4.69, 9.17) is 0 Å². The van der Waals surface area contributed by atoms with E-state index in [1.54, 1.807) is 0 Å². The molecule has 0 heterocycles. The molecule has 2 atom stereocenters. The first-order valence-electron chi connectivity index (χ1n) is 17.4. The molecule has 7 heteroatoms. The first-order valence-corrected chi connectivity index (χ1v) is 17.4. The molecule has 0 rings (SSSR count). The third kappa shape index (κ3) is 45.8. The van der Waals surface area contributed by atoms with Crippen LogP contribution < -0.4 is 10.2 Å². The Labute approximate surface area is 285 Å². The zero-order valence-corrected chi connectivity index (χ0v) is 32.1. The van der Waals surface area contributed by atoms with Gasteiger partial charge in [-0.1, -0.05) is 128 Å². The summed E-state index contributed by atoms with van der Waals surface area (Å²) in [6.07, 6.45) is 34.0. The number of carbonyl (C=O) groups excluding carboxylic acids is 2. The van der Waals surface area contributed by atoms with Gasteiger partial charge in [-0.2, -0.15) is 0 Å². The number of aliphatic hydroxyl groups excluding tert-OH is 2. The van der Waals surface area contributed by atoms with Gasteiger partial charge in [-0.15, -0.1) is 0 Å². The van der Waals surface area contributed by atoms with Crippen molar-refractivity contribution in [3.05, 3.63) is 24.3 Å². The molecule has 0 amide bonds. The van der Waals surface area contributed by atoms with Gasteiger partial charge < -0.3 is 30.0 Å². The van der Waals surface area contributed by atoms with Crippen molar-refractivity contribution in [3.63, 3.8) is 0 Å². The summed E-state index contributed by atoms with van der Waals surface area (Å²) in [7, 11) is 0. The zero-order chi connectivity index (χ0) is 31.5. The van der Waals surface area contributed by atoms with Gasteiger partial charge in [-0.05, 0) is 77.0 Å². The fourth-order valence-corrected chi connectivity index (χ4v) is 4.72. The SMILES string of the molecule is CCCCCC[C@@H](O)C/C=C/CCCCCCCC(=O)[O-].CCCCCC[C@@H](O)C/C=C/CCCCCCCC(=O)[O-].[Cd+2]. The maximum Gasteiger partial charge on any atom is 2.00 e. The molecule has 6 nitrogen and oxygen atoms in total. The normalized spacial score (nSPS) is 12.6. The van der Waals surface area contributed by atoms with Crippen LogP contribution >= 0.6 is 0 Å². The minimum atomic E-state index is -0.939. The fraction of sp³-hybridized carbons (Fsp3) is 0.833. The smallest absolute Gasteiger partial charge is 0.550 e. The second kappa shape index (κ2) is 39.3. The second-order valence-electron chi connectivity index (χ2n) is 11.8. The van der Waals surface area contributed by atoms with Crippen LogP contribution in [0, 0.1) is 0 Å². The van der Waals surface area contributed by atoms with Gasteiger partial charge in [0, 0.05) is 11.9 Å². The molecule has 0 saturated heterocycles. The molecule has 0 spiro atoms. The van der Waals surface area contributed by atoms with Crippen molar-refractivity contribution in [3.8, 4) is 0 Å². The predicted molar refractivity (Wildman–Crippen MR) is 172 cm³/mol. The van der Waals surface area contributed by atoms with E-state index in [1.165, 1.54) is 38.5 Å². The van der Waals surface area contributed by atoms with Crippen LogP contribution in [0.25, 0.3) is 0 Å². The number of rotatable bonds is 30. The Morgan fingerprint density at radius 3 is 1.19 bits per heavy atom. The van der Waals surface area contributed by atoms with Gasteiger partial charge in [0.05, 0.1) is 12.2 Å². The molecular weight excluding hydrogens is 641 g/mol. The van der Waals surface area contributed by atoms with Crippen molar-refractivity contribution in [2.45, 2.75) is 193 Å². The molecule has 0 aromatic heterocycles. The summed E-state index contributed by atoms with van der Waals surface area (Å²) in [6.45, 7) is 4.39.